The zero-order chi connectivity index (χ0) is 23.8. The molecule has 2 aliphatic rings. The van der Waals surface area contributed by atoms with Crippen molar-refractivity contribution in [3.8, 4) is 0 Å². The third-order valence-electron chi connectivity index (χ3n) is 5.98. The number of rotatable bonds is 12. The van der Waals surface area contributed by atoms with E-state index in [1.54, 1.807) is 28.3 Å². The second-order valence-electron chi connectivity index (χ2n) is 8.17. The molecule has 0 aliphatic carbocycles. The highest BCUT2D eigenvalue weighted by Crippen LogP contribution is 2.35. The maximum atomic E-state index is 9.82. The first-order chi connectivity index (χ1) is 15.4. The largest absolute Gasteiger partial charge is 0.394 e. The molecule has 0 saturated carbocycles. The van der Waals surface area contributed by atoms with Crippen molar-refractivity contribution in [3.63, 3.8) is 0 Å². The fraction of sp³-hybridized carbons (Fsp3) is 1.00. The summed E-state index contributed by atoms with van der Waals surface area (Å²) >= 11 is 0. The molecule has 5 unspecified atom stereocenters. The maximum absolute atomic E-state index is 9.82. The van der Waals surface area contributed by atoms with Crippen molar-refractivity contribution in [2.24, 2.45) is 5.92 Å². The molecule has 2 N–H and O–H groups in total. The van der Waals surface area contributed by atoms with Crippen LogP contribution in [-0.2, 0) is 42.6 Å². The lowest BCUT2D eigenvalue weighted by Gasteiger charge is -2.49. The van der Waals surface area contributed by atoms with Crippen molar-refractivity contribution in [1.82, 2.24) is 0 Å². The molecule has 0 radical (unpaired) electrons. The third-order valence-corrected chi connectivity index (χ3v) is 5.98. The summed E-state index contributed by atoms with van der Waals surface area (Å²) in [6, 6.07) is 0. The topological polar surface area (TPSA) is 124 Å². The van der Waals surface area contributed by atoms with Gasteiger partial charge in [0.2, 0.25) is 0 Å². The standard InChI is InChI=1S/C21H40O11/c1-11(23)9-29-19-17(26-5)16(14(10-24-3)31-20(19)28-7)32-21-18(27-6)15(25-4)12(2)13(8-22)30-21/h11-23H,8-10H2,1-7H3/t11?,12-,13+,14?,15?,16-,17+,18?,19?,20-,21+/m1/s1. The summed E-state index contributed by atoms with van der Waals surface area (Å²) in [7, 11) is 7.73. The first kappa shape index (κ1) is 27.8. The van der Waals surface area contributed by atoms with Crippen molar-refractivity contribution < 1.29 is 52.8 Å². The van der Waals surface area contributed by atoms with Gasteiger partial charge in [-0.25, -0.2) is 0 Å². The molecule has 0 spiro atoms. The van der Waals surface area contributed by atoms with Crippen molar-refractivity contribution >= 4 is 0 Å². The summed E-state index contributed by atoms with van der Waals surface area (Å²) in [4.78, 5) is 0. The normalized spacial score (nSPS) is 41.5. The van der Waals surface area contributed by atoms with Crippen LogP contribution in [0.25, 0.3) is 0 Å². The fourth-order valence-electron chi connectivity index (χ4n) is 4.33. The Morgan fingerprint density at radius 2 is 1.41 bits per heavy atom. The Labute approximate surface area is 190 Å². The van der Waals surface area contributed by atoms with Crippen LogP contribution in [0.2, 0.25) is 0 Å². The second kappa shape index (κ2) is 13.4. The molecule has 11 nitrogen and oxygen atoms in total. The van der Waals surface area contributed by atoms with Crippen molar-refractivity contribution in [2.75, 3.05) is 55.4 Å². The first-order valence-corrected chi connectivity index (χ1v) is 10.8. The minimum Gasteiger partial charge on any atom is -0.394 e. The molecule has 2 saturated heterocycles. The average molecular weight is 469 g/mol. The van der Waals surface area contributed by atoms with Crippen molar-refractivity contribution in [1.29, 1.82) is 0 Å². The molecule has 2 aliphatic heterocycles. The Hall–Kier alpha value is -0.440. The van der Waals surface area contributed by atoms with Gasteiger partial charge in [0, 0.05) is 41.5 Å². The van der Waals surface area contributed by atoms with E-state index in [1.165, 1.54) is 14.2 Å². The minimum absolute atomic E-state index is 0.0614. The lowest BCUT2D eigenvalue weighted by Crippen LogP contribution is -2.65. The summed E-state index contributed by atoms with van der Waals surface area (Å²) in [5.74, 6) is -0.120. The van der Waals surface area contributed by atoms with E-state index in [1.807, 2.05) is 6.92 Å². The van der Waals surface area contributed by atoms with Crippen LogP contribution in [-0.4, -0.2) is 127 Å². The van der Waals surface area contributed by atoms with Crippen LogP contribution in [0.3, 0.4) is 0 Å². The van der Waals surface area contributed by atoms with Gasteiger partial charge in [-0.15, -0.1) is 0 Å². The Kier molecular flexibility index (Phi) is 11.7. The Bertz CT molecular complexity index is 522. The molecular weight excluding hydrogens is 428 g/mol. The molecule has 11 heteroatoms. The van der Waals surface area contributed by atoms with E-state index in [2.05, 4.69) is 0 Å². The van der Waals surface area contributed by atoms with Crippen molar-refractivity contribution in [3.05, 3.63) is 0 Å². The van der Waals surface area contributed by atoms with Gasteiger partial charge in [0.05, 0.1) is 38.1 Å². The van der Waals surface area contributed by atoms with Gasteiger partial charge >= 0.3 is 0 Å². The lowest BCUT2D eigenvalue weighted by molar-refractivity contribution is -0.362. The summed E-state index contributed by atoms with van der Waals surface area (Å²) in [6.45, 7) is 3.61. The summed E-state index contributed by atoms with van der Waals surface area (Å²) in [5.41, 5.74) is 0. The monoisotopic (exact) mass is 468 g/mol. The van der Waals surface area contributed by atoms with Gasteiger partial charge < -0.3 is 52.8 Å². The highest BCUT2D eigenvalue weighted by molar-refractivity contribution is 4.95. The number of aliphatic hydroxyl groups excluding tert-OH is 2. The van der Waals surface area contributed by atoms with Crippen LogP contribution in [0.15, 0.2) is 0 Å². The number of hydrogen-bond acceptors (Lipinski definition) is 11. The SMILES string of the molecule is COCC1O[C@@H](OC)C(OCC(C)O)[C@@H](OC)[C@@H]1O[C@@H]1O[C@@H](CO)[C@@H](C)C(OC)C1OC. The highest BCUT2D eigenvalue weighted by Gasteiger charge is 2.52. The molecule has 0 aromatic rings. The molecule has 11 atom stereocenters. The predicted octanol–water partition coefficient (Wildman–Crippen LogP) is -0.446. The quantitative estimate of drug-likeness (QED) is 0.387. The number of hydrogen-bond donors (Lipinski definition) is 2. The number of methoxy groups -OCH3 is 5. The van der Waals surface area contributed by atoms with Gasteiger partial charge in [-0.1, -0.05) is 6.92 Å². The molecule has 2 fully saturated rings. The zero-order valence-corrected chi connectivity index (χ0v) is 20.0. The molecule has 0 amide bonds. The van der Waals surface area contributed by atoms with E-state index in [-0.39, 0.29) is 31.8 Å². The number of aliphatic hydroxyl groups is 2. The van der Waals surface area contributed by atoms with E-state index in [0.29, 0.717) is 0 Å². The molecule has 0 aromatic heterocycles. The van der Waals surface area contributed by atoms with Gasteiger partial charge in [-0.05, 0) is 6.92 Å². The summed E-state index contributed by atoms with van der Waals surface area (Å²) < 4.78 is 52.3. The third kappa shape index (κ3) is 6.36. The van der Waals surface area contributed by atoms with Crippen LogP contribution in [0.1, 0.15) is 13.8 Å². The van der Waals surface area contributed by atoms with E-state index < -0.39 is 55.3 Å². The molecular formula is C21H40O11. The van der Waals surface area contributed by atoms with Gasteiger partial charge in [-0.3, -0.25) is 0 Å². The molecule has 2 rings (SSSR count). The lowest BCUT2D eigenvalue weighted by atomic mass is 9.90. The molecule has 2 heterocycles. The second-order valence-corrected chi connectivity index (χ2v) is 8.17. The van der Waals surface area contributed by atoms with Gasteiger partial charge in [0.15, 0.2) is 12.6 Å². The molecule has 0 bridgehead atoms. The van der Waals surface area contributed by atoms with E-state index in [4.69, 9.17) is 42.6 Å². The smallest absolute Gasteiger partial charge is 0.187 e. The van der Waals surface area contributed by atoms with Crippen LogP contribution < -0.4 is 0 Å². The van der Waals surface area contributed by atoms with E-state index >= 15 is 0 Å². The number of ether oxygens (including phenoxy) is 9. The Balaban J connectivity index is 2.32. The maximum Gasteiger partial charge on any atom is 0.187 e. The van der Waals surface area contributed by atoms with Gasteiger partial charge in [0.1, 0.15) is 30.5 Å². The zero-order valence-electron chi connectivity index (χ0n) is 20.0. The van der Waals surface area contributed by atoms with E-state index in [9.17, 15) is 10.2 Å². The van der Waals surface area contributed by atoms with Crippen LogP contribution in [0.5, 0.6) is 0 Å². The van der Waals surface area contributed by atoms with E-state index in [0.717, 1.165) is 0 Å². The van der Waals surface area contributed by atoms with Gasteiger partial charge in [0.25, 0.3) is 0 Å². The Morgan fingerprint density at radius 1 is 0.781 bits per heavy atom. The highest BCUT2D eigenvalue weighted by atomic mass is 16.8. The van der Waals surface area contributed by atoms with Crippen molar-refractivity contribution in [2.45, 2.75) is 75.3 Å². The van der Waals surface area contributed by atoms with Crippen LogP contribution >= 0.6 is 0 Å². The van der Waals surface area contributed by atoms with Crippen LogP contribution in [0.4, 0.5) is 0 Å². The molecule has 0 aromatic carbocycles. The summed E-state index contributed by atoms with van der Waals surface area (Å²) in [6.07, 6.45) is -6.34. The van der Waals surface area contributed by atoms with Crippen LogP contribution in [0, 0.1) is 5.92 Å². The Morgan fingerprint density at radius 3 is 1.91 bits per heavy atom. The fourth-order valence-corrected chi connectivity index (χ4v) is 4.33. The first-order valence-electron chi connectivity index (χ1n) is 10.8. The molecule has 190 valence electrons. The minimum atomic E-state index is -0.875. The van der Waals surface area contributed by atoms with Gasteiger partial charge in [-0.2, -0.15) is 0 Å². The molecule has 32 heavy (non-hydrogen) atoms. The average Bonchev–Trinajstić information content (AvgIpc) is 2.78. The predicted molar refractivity (Wildman–Crippen MR) is 111 cm³/mol. The summed E-state index contributed by atoms with van der Waals surface area (Å²) in [5, 5.41) is 19.5.